The van der Waals surface area contributed by atoms with Crippen molar-refractivity contribution >= 4 is 57.4 Å². The van der Waals surface area contributed by atoms with Gasteiger partial charge in [0.05, 0.1) is 0 Å². The third-order valence-electron chi connectivity index (χ3n) is 0.393. The monoisotopic (exact) mass is 137 g/mol. The van der Waals surface area contributed by atoms with Crippen molar-refractivity contribution in [3.05, 3.63) is 12.2 Å². The zero-order valence-electron chi connectivity index (χ0n) is 3.51. The maximum absolute atomic E-state index is 9.61. The molecule has 4 heteroatoms. The summed E-state index contributed by atoms with van der Waals surface area (Å²) >= 11 is 0. The number of carboxylic acid groups (broad SMARTS) is 1. The quantitative estimate of drug-likeness (QED) is 0.301. The minimum absolute atomic E-state index is 0. The molecule has 8 heavy (non-hydrogen) atoms. The van der Waals surface area contributed by atoms with Crippen LogP contribution >= 0.6 is 0 Å². The topological polar surface area (TPSA) is 61.1 Å². The third kappa shape index (κ3) is 4.49. The number of nitriles is 1. The summed E-state index contributed by atoms with van der Waals surface area (Å²) in [6, 6.07) is 1.37. The molecule has 0 atom stereocenters. The van der Waals surface area contributed by atoms with Gasteiger partial charge in [0.15, 0.2) is 0 Å². The summed E-state index contributed by atoms with van der Waals surface area (Å²) in [4.78, 5) is 9.61. The molecule has 0 fully saturated rings. The van der Waals surface area contributed by atoms with Crippen LogP contribution in [-0.2, 0) is 4.79 Å². The molecule has 0 amide bonds. The van der Waals surface area contributed by atoms with Crippen LogP contribution in [0.15, 0.2) is 12.2 Å². The summed E-state index contributed by atoms with van der Waals surface area (Å²) < 4.78 is 0. The maximum atomic E-state index is 9.61. The summed E-state index contributed by atoms with van der Waals surface area (Å²) in [5.74, 6) is -1.26. The standard InChI is InChI=1S/C4H3NO2.K.H/c1-3(2-5)4(6)7;;/h1H2,(H,6,7);;. The molecule has 0 rings (SSSR count). The average Bonchev–Trinajstić information content (AvgIpc) is 1.65. The molecule has 0 aliphatic heterocycles. The molecule has 0 aromatic carbocycles. The molecule has 0 unspecified atom stereocenters. The van der Waals surface area contributed by atoms with Crippen LogP contribution in [0, 0.1) is 11.3 Å². The Labute approximate surface area is 89.4 Å². The van der Waals surface area contributed by atoms with E-state index in [0.29, 0.717) is 0 Å². The first-order chi connectivity index (χ1) is 3.18. The van der Waals surface area contributed by atoms with Crippen molar-refractivity contribution < 1.29 is 9.90 Å². The molecule has 0 aromatic rings. The van der Waals surface area contributed by atoms with Crippen LogP contribution in [-0.4, -0.2) is 62.5 Å². The first kappa shape index (κ1) is 11.2. The second-order valence-electron chi connectivity index (χ2n) is 0.896. The Bertz CT molecular complexity index is 147. The molecule has 0 saturated carbocycles. The second-order valence-corrected chi connectivity index (χ2v) is 0.896. The van der Waals surface area contributed by atoms with Crippen LogP contribution in [0.25, 0.3) is 0 Å². The van der Waals surface area contributed by atoms with Crippen molar-refractivity contribution in [2.45, 2.75) is 0 Å². The summed E-state index contributed by atoms with van der Waals surface area (Å²) in [5.41, 5.74) is -0.431. The van der Waals surface area contributed by atoms with Gasteiger partial charge in [-0.25, -0.2) is 4.79 Å². The van der Waals surface area contributed by atoms with Crippen LogP contribution in [0.5, 0.6) is 0 Å². The number of carboxylic acids is 1. The van der Waals surface area contributed by atoms with Crippen LogP contribution in [0.3, 0.4) is 0 Å². The summed E-state index contributed by atoms with van der Waals surface area (Å²) in [5, 5.41) is 15.6. The van der Waals surface area contributed by atoms with E-state index in [1.165, 1.54) is 6.07 Å². The molecule has 0 aromatic heterocycles. The van der Waals surface area contributed by atoms with E-state index in [0.717, 1.165) is 0 Å². The number of aliphatic carboxylic acids is 1. The first-order valence-electron chi connectivity index (χ1n) is 1.50. The molecule has 0 radical (unpaired) electrons. The zero-order chi connectivity index (χ0) is 5.86. The van der Waals surface area contributed by atoms with Crippen molar-refractivity contribution in [1.82, 2.24) is 0 Å². The van der Waals surface area contributed by atoms with Gasteiger partial charge in [-0.05, 0) is 0 Å². The molecule has 0 aliphatic rings. The second kappa shape index (κ2) is 5.47. The van der Waals surface area contributed by atoms with Gasteiger partial charge in [0.2, 0.25) is 0 Å². The Morgan fingerprint density at radius 2 is 2.12 bits per heavy atom. The number of rotatable bonds is 1. The van der Waals surface area contributed by atoms with Gasteiger partial charge in [0.1, 0.15) is 11.6 Å². The van der Waals surface area contributed by atoms with E-state index in [9.17, 15) is 4.79 Å². The zero-order valence-corrected chi connectivity index (χ0v) is 3.51. The fourth-order valence-corrected chi connectivity index (χ4v) is 0.0478. The van der Waals surface area contributed by atoms with Crippen molar-refractivity contribution in [3.8, 4) is 6.07 Å². The van der Waals surface area contributed by atoms with Crippen LogP contribution in [0.2, 0.25) is 0 Å². The van der Waals surface area contributed by atoms with E-state index in [-0.39, 0.29) is 51.4 Å². The molecule has 1 N–H and O–H groups in total. The van der Waals surface area contributed by atoms with E-state index < -0.39 is 11.5 Å². The van der Waals surface area contributed by atoms with E-state index in [4.69, 9.17) is 10.4 Å². The van der Waals surface area contributed by atoms with Gasteiger partial charge >= 0.3 is 57.4 Å². The molecular weight excluding hydrogens is 133 g/mol. The van der Waals surface area contributed by atoms with Crippen molar-refractivity contribution in [2.24, 2.45) is 0 Å². The number of hydrogen-bond donors (Lipinski definition) is 1. The molecule has 3 nitrogen and oxygen atoms in total. The van der Waals surface area contributed by atoms with Gasteiger partial charge in [-0.15, -0.1) is 0 Å². The number of nitrogens with zero attached hydrogens (tertiary/aromatic N) is 1. The molecule has 0 spiro atoms. The van der Waals surface area contributed by atoms with E-state index in [1.54, 1.807) is 0 Å². The van der Waals surface area contributed by atoms with E-state index >= 15 is 0 Å². The third-order valence-corrected chi connectivity index (χ3v) is 0.393. The van der Waals surface area contributed by atoms with Crippen molar-refractivity contribution in [2.75, 3.05) is 0 Å². The van der Waals surface area contributed by atoms with Crippen LogP contribution < -0.4 is 0 Å². The number of hydrogen-bond acceptors (Lipinski definition) is 2. The molecule has 0 saturated heterocycles. The van der Waals surface area contributed by atoms with Gasteiger partial charge in [-0.3, -0.25) is 0 Å². The summed E-state index contributed by atoms with van der Waals surface area (Å²) in [6.45, 7) is 2.91. The fraction of sp³-hybridized carbons (Fsp3) is 0. The SMILES string of the molecule is C=C(C#N)C(=O)O.[KH]. The predicted molar refractivity (Wildman–Crippen MR) is 29.5 cm³/mol. The average molecular weight is 137 g/mol. The van der Waals surface area contributed by atoms with Gasteiger partial charge in [-0.1, -0.05) is 6.58 Å². The molecule has 0 aliphatic carbocycles. The van der Waals surface area contributed by atoms with E-state index in [2.05, 4.69) is 6.58 Å². The van der Waals surface area contributed by atoms with Gasteiger partial charge in [0.25, 0.3) is 0 Å². The van der Waals surface area contributed by atoms with Crippen LogP contribution in [0.4, 0.5) is 0 Å². The minimum atomic E-state index is -1.26. The van der Waals surface area contributed by atoms with Gasteiger partial charge in [-0.2, -0.15) is 5.26 Å². The predicted octanol–water partition coefficient (Wildman–Crippen LogP) is -0.498. The molecule has 0 heterocycles. The van der Waals surface area contributed by atoms with Crippen molar-refractivity contribution in [1.29, 1.82) is 5.26 Å². The number of carbonyl (C=O) groups is 1. The normalized spacial score (nSPS) is 5.88. The molecular formula is C4H4KNO2. The Morgan fingerprint density at radius 1 is 1.75 bits per heavy atom. The van der Waals surface area contributed by atoms with Gasteiger partial charge < -0.3 is 5.11 Å². The van der Waals surface area contributed by atoms with E-state index in [1.807, 2.05) is 0 Å². The molecule has 38 valence electrons. The summed E-state index contributed by atoms with van der Waals surface area (Å²) in [6.07, 6.45) is 0. The Morgan fingerprint density at radius 3 is 2.12 bits per heavy atom. The summed E-state index contributed by atoms with van der Waals surface area (Å²) in [7, 11) is 0. The van der Waals surface area contributed by atoms with Crippen molar-refractivity contribution in [3.63, 3.8) is 0 Å². The molecule has 0 bridgehead atoms. The first-order valence-corrected chi connectivity index (χ1v) is 1.50. The Balaban J connectivity index is 0. The fourth-order valence-electron chi connectivity index (χ4n) is 0.0478. The van der Waals surface area contributed by atoms with Crippen LogP contribution in [0.1, 0.15) is 0 Å². The Hall–Kier alpha value is 0.336. The van der Waals surface area contributed by atoms with Gasteiger partial charge in [0, 0.05) is 0 Å². The Kier molecular flexibility index (Phi) is 7.64.